The van der Waals surface area contributed by atoms with Crippen molar-refractivity contribution in [1.29, 1.82) is 0 Å². The number of nitro groups is 1. The Kier molecular flexibility index (Phi) is 6.19. The molecule has 10 nitrogen and oxygen atoms in total. The molecule has 3 aliphatic rings. The van der Waals surface area contributed by atoms with Crippen LogP contribution in [0.3, 0.4) is 0 Å². The predicted molar refractivity (Wildman–Crippen MR) is 155 cm³/mol. The second kappa shape index (κ2) is 10.1. The fourth-order valence-electron chi connectivity index (χ4n) is 6.49. The molecule has 212 valence electrons. The highest BCUT2D eigenvalue weighted by molar-refractivity contribution is 6.22. The van der Waals surface area contributed by atoms with Gasteiger partial charge in [-0.25, -0.2) is 9.78 Å². The maximum absolute atomic E-state index is 13.2. The van der Waals surface area contributed by atoms with Gasteiger partial charge in [0.05, 0.1) is 39.2 Å². The maximum Gasteiger partial charge on any atom is 0.339 e. The van der Waals surface area contributed by atoms with Crippen molar-refractivity contribution in [2.45, 2.75) is 6.42 Å². The van der Waals surface area contributed by atoms with E-state index in [0.29, 0.717) is 27.8 Å². The number of pyridine rings is 1. The zero-order chi connectivity index (χ0) is 29.8. The number of rotatable bonds is 7. The quantitative estimate of drug-likeness (QED) is 0.0738. The highest BCUT2D eigenvalue weighted by atomic mass is 16.6. The third kappa shape index (κ3) is 4.39. The fraction of sp³-hybridized carbons (Fsp3) is 0.182. The molecule has 4 aromatic rings. The van der Waals surface area contributed by atoms with E-state index in [0.717, 1.165) is 6.42 Å². The number of esters is 1. The fourth-order valence-corrected chi connectivity index (χ4v) is 6.49. The van der Waals surface area contributed by atoms with Gasteiger partial charge >= 0.3 is 5.97 Å². The van der Waals surface area contributed by atoms with E-state index in [-0.39, 0.29) is 52.3 Å². The van der Waals surface area contributed by atoms with Crippen molar-refractivity contribution < 1.29 is 28.8 Å². The minimum absolute atomic E-state index is 0.125. The molecule has 2 fully saturated rings. The number of non-ortho nitro benzene ring substituents is 1. The van der Waals surface area contributed by atoms with Gasteiger partial charge in [0.15, 0.2) is 12.4 Å². The summed E-state index contributed by atoms with van der Waals surface area (Å²) in [5.74, 6) is -1.87. The molecule has 0 N–H and O–H groups in total. The molecular weight excluding hydrogens is 550 g/mol. The van der Waals surface area contributed by atoms with Gasteiger partial charge in [0.2, 0.25) is 11.8 Å². The molecule has 4 unspecified atom stereocenters. The maximum atomic E-state index is 13.2. The predicted octanol–water partition coefficient (Wildman–Crippen LogP) is 5.16. The molecule has 2 heterocycles. The van der Waals surface area contributed by atoms with Gasteiger partial charge in [0, 0.05) is 28.6 Å². The first-order chi connectivity index (χ1) is 20.8. The second-order valence-electron chi connectivity index (χ2n) is 10.9. The number of carbonyl (C=O) groups is 4. The normalized spacial score (nSPS) is 21.8. The van der Waals surface area contributed by atoms with Gasteiger partial charge in [-0.3, -0.25) is 29.4 Å². The highest BCUT2D eigenvalue weighted by Gasteiger charge is 2.59. The van der Waals surface area contributed by atoms with Crippen LogP contribution >= 0.6 is 0 Å². The Morgan fingerprint density at radius 3 is 2.21 bits per heavy atom. The first-order valence-corrected chi connectivity index (χ1v) is 13.8. The molecule has 2 aliphatic carbocycles. The third-order valence-electron chi connectivity index (χ3n) is 8.56. The number of para-hydroxylation sites is 1. The van der Waals surface area contributed by atoms with Crippen molar-refractivity contribution >= 4 is 45.8 Å². The van der Waals surface area contributed by atoms with Gasteiger partial charge in [-0.15, -0.1) is 0 Å². The van der Waals surface area contributed by atoms with Crippen molar-refractivity contribution in [1.82, 2.24) is 4.98 Å². The van der Waals surface area contributed by atoms with Crippen LogP contribution < -0.4 is 4.90 Å². The lowest BCUT2D eigenvalue weighted by molar-refractivity contribution is -0.384. The number of benzene rings is 3. The molecule has 2 bridgehead atoms. The van der Waals surface area contributed by atoms with Crippen LogP contribution in [0.15, 0.2) is 91.0 Å². The molecule has 2 amide bonds. The van der Waals surface area contributed by atoms with Gasteiger partial charge in [0.1, 0.15) is 0 Å². The lowest BCUT2D eigenvalue weighted by Gasteiger charge is -2.17. The number of Topliss-reactive ketones (excluding diaryl/α,β-unsaturated/α-hetero) is 1. The molecule has 1 aliphatic heterocycles. The molecular formula is C33H23N3O7. The number of aromatic nitrogens is 1. The average molecular weight is 574 g/mol. The number of hydrogen-bond acceptors (Lipinski definition) is 8. The number of ether oxygens (including phenoxy) is 1. The molecule has 4 atom stereocenters. The number of amides is 2. The number of carbonyl (C=O) groups excluding carboxylic acids is 4. The summed E-state index contributed by atoms with van der Waals surface area (Å²) in [7, 11) is 0. The summed E-state index contributed by atoms with van der Waals surface area (Å²) in [4.78, 5) is 68.5. The molecule has 1 saturated heterocycles. The van der Waals surface area contributed by atoms with Crippen LogP contribution in [-0.4, -0.2) is 40.1 Å². The average Bonchev–Trinajstić information content (AvgIpc) is 3.72. The zero-order valence-corrected chi connectivity index (χ0v) is 22.6. The number of fused-ring (bicyclic) bond motifs is 6. The zero-order valence-electron chi connectivity index (χ0n) is 22.6. The van der Waals surface area contributed by atoms with E-state index >= 15 is 0 Å². The molecule has 3 aromatic carbocycles. The smallest absolute Gasteiger partial charge is 0.339 e. The first-order valence-electron chi connectivity index (χ1n) is 13.8. The Balaban J connectivity index is 1.12. The van der Waals surface area contributed by atoms with E-state index in [2.05, 4.69) is 12.2 Å². The van der Waals surface area contributed by atoms with E-state index in [1.807, 2.05) is 0 Å². The topological polar surface area (TPSA) is 137 Å². The van der Waals surface area contributed by atoms with Crippen LogP contribution in [0.4, 0.5) is 11.4 Å². The minimum atomic E-state index is -0.727. The number of allylic oxidation sites excluding steroid dienone is 2. The third-order valence-corrected chi connectivity index (χ3v) is 8.56. The summed E-state index contributed by atoms with van der Waals surface area (Å²) >= 11 is 0. The number of nitrogens with zero attached hydrogens (tertiary/aromatic N) is 3. The largest absolute Gasteiger partial charge is 0.454 e. The van der Waals surface area contributed by atoms with Crippen molar-refractivity contribution in [2.75, 3.05) is 11.5 Å². The highest BCUT2D eigenvalue weighted by Crippen LogP contribution is 2.53. The minimum Gasteiger partial charge on any atom is -0.454 e. The van der Waals surface area contributed by atoms with Crippen LogP contribution in [0.25, 0.3) is 22.2 Å². The second-order valence-corrected chi connectivity index (χ2v) is 10.9. The number of imide groups is 1. The van der Waals surface area contributed by atoms with E-state index in [1.165, 1.54) is 29.2 Å². The molecule has 1 aromatic heterocycles. The first kappa shape index (κ1) is 26.4. The lowest BCUT2D eigenvalue weighted by atomic mass is 9.85. The lowest BCUT2D eigenvalue weighted by Crippen LogP contribution is -2.32. The number of ketones is 1. The summed E-state index contributed by atoms with van der Waals surface area (Å²) in [6.07, 6.45) is 4.98. The number of nitro benzene ring substituents is 1. The van der Waals surface area contributed by atoms with Gasteiger partial charge in [-0.05, 0) is 54.7 Å². The number of hydrogen-bond donors (Lipinski definition) is 0. The molecule has 1 saturated carbocycles. The Morgan fingerprint density at radius 2 is 1.56 bits per heavy atom. The van der Waals surface area contributed by atoms with Crippen LogP contribution in [0.2, 0.25) is 0 Å². The van der Waals surface area contributed by atoms with Crippen molar-refractivity contribution in [3.63, 3.8) is 0 Å². The van der Waals surface area contributed by atoms with Crippen molar-refractivity contribution in [2.24, 2.45) is 23.7 Å². The standard InChI is InChI=1S/C33H23N3O7/c37-28(19-9-13-23(14-10-19)36(41)42)17-43-33(40)25-16-27(34-26-4-2-1-3-24(25)26)18-7-11-22(12-8-18)35-31(38)29-20-5-6-21(15-20)30(29)32(35)39/h1-14,16,20-21,29-30H,15,17H2. The van der Waals surface area contributed by atoms with Crippen molar-refractivity contribution in [3.05, 3.63) is 112 Å². The van der Waals surface area contributed by atoms with E-state index in [1.54, 1.807) is 54.6 Å². The van der Waals surface area contributed by atoms with Gasteiger partial charge in [-0.1, -0.05) is 42.5 Å². The Bertz CT molecular complexity index is 1850. The van der Waals surface area contributed by atoms with E-state index in [4.69, 9.17) is 9.72 Å². The van der Waals surface area contributed by atoms with Gasteiger partial charge < -0.3 is 4.74 Å². The van der Waals surface area contributed by atoms with Crippen LogP contribution in [0.5, 0.6) is 0 Å². The molecule has 7 rings (SSSR count). The monoisotopic (exact) mass is 573 g/mol. The van der Waals surface area contributed by atoms with Crippen LogP contribution in [0, 0.1) is 33.8 Å². The number of anilines is 1. The van der Waals surface area contributed by atoms with Crippen LogP contribution in [0.1, 0.15) is 27.1 Å². The van der Waals surface area contributed by atoms with Crippen LogP contribution in [-0.2, 0) is 14.3 Å². The molecule has 0 radical (unpaired) electrons. The summed E-state index contributed by atoms with van der Waals surface area (Å²) in [6, 6.07) is 20.6. The Labute approximate surface area is 244 Å². The SMILES string of the molecule is O=C(COC(=O)c1cc(-c2ccc(N3C(=O)C4C5C=CC(C5)C4C3=O)cc2)nc2ccccc12)c1ccc([N+](=O)[O-])cc1. The summed E-state index contributed by atoms with van der Waals surface area (Å²) < 4.78 is 5.35. The summed E-state index contributed by atoms with van der Waals surface area (Å²) in [6.45, 7) is -0.547. The van der Waals surface area contributed by atoms with Gasteiger partial charge in [-0.2, -0.15) is 0 Å². The van der Waals surface area contributed by atoms with Gasteiger partial charge in [0.25, 0.3) is 5.69 Å². The Hall–Kier alpha value is -5.51. The molecule has 10 heteroatoms. The summed E-state index contributed by atoms with van der Waals surface area (Å²) in [5, 5.41) is 11.4. The molecule has 0 spiro atoms. The Morgan fingerprint density at radius 1 is 0.907 bits per heavy atom. The van der Waals surface area contributed by atoms with E-state index in [9.17, 15) is 29.3 Å². The van der Waals surface area contributed by atoms with Crippen molar-refractivity contribution in [3.8, 4) is 11.3 Å². The molecule has 43 heavy (non-hydrogen) atoms. The summed E-state index contributed by atoms with van der Waals surface area (Å²) in [5.41, 5.74) is 2.41. The van der Waals surface area contributed by atoms with E-state index < -0.39 is 23.3 Å².